The first kappa shape index (κ1) is 11.0. The lowest BCUT2D eigenvalue weighted by Gasteiger charge is -2.42. The lowest BCUT2D eigenvalue weighted by atomic mass is 9.86. The van der Waals surface area contributed by atoms with Gasteiger partial charge >= 0.3 is 0 Å². The third kappa shape index (κ3) is 1.55. The Hall–Kier alpha value is -1.13. The second kappa shape index (κ2) is 3.68. The van der Waals surface area contributed by atoms with Gasteiger partial charge in [-0.1, -0.05) is 6.92 Å². The van der Waals surface area contributed by atoms with E-state index in [1.807, 2.05) is 12.3 Å². The first-order valence-corrected chi connectivity index (χ1v) is 6.25. The Bertz CT molecular complexity index is 436. The van der Waals surface area contributed by atoms with Crippen LogP contribution in [0.3, 0.4) is 0 Å². The number of rotatable bonds is 1. The van der Waals surface area contributed by atoms with Crippen molar-refractivity contribution >= 4 is 5.69 Å². The molecule has 5 atom stereocenters. The Kier molecular flexibility index (Phi) is 2.38. The highest BCUT2D eigenvalue weighted by Crippen LogP contribution is 2.43. The molecule has 2 aliphatic rings. The first-order chi connectivity index (χ1) is 8.11. The molecule has 1 fully saturated rings. The fourth-order valence-corrected chi connectivity index (χ4v) is 2.74. The van der Waals surface area contributed by atoms with E-state index >= 15 is 0 Å². The average Bonchev–Trinajstić information content (AvgIpc) is 3.04. The van der Waals surface area contributed by atoms with E-state index in [1.54, 1.807) is 0 Å². The Morgan fingerprint density at radius 2 is 2.06 bits per heavy atom. The van der Waals surface area contributed by atoms with Crippen LogP contribution in [0.15, 0.2) is 18.3 Å². The molecule has 0 saturated carbocycles. The largest absolute Gasteiger partial charge is 0.348 e. The van der Waals surface area contributed by atoms with Gasteiger partial charge in [0.2, 0.25) is 0 Å². The zero-order valence-corrected chi connectivity index (χ0v) is 10.5. The van der Waals surface area contributed by atoms with Crippen molar-refractivity contribution < 1.29 is 4.74 Å². The molecule has 2 N–H and O–H groups in total. The summed E-state index contributed by atoms with van der Waals surface area (Å²) in [5, 5.41) is 0. The van der Waals surface area contributed by atoms with Crippen molar-refractivity contribution in [3.63, 3.8) is 0 Å². The molecule has 1 aromatic heterocycles. The smallest absolute Gasteiger partial charge is 0.157 e. The second-order valence-corrected chi connectivity index (χ2v) is 5.17. The number of pyridine rings is 1. The molecule has 3 heterocycles. The molecule has 2 aliphatic heterocycles. The van der Waals surface area contributed by atoms with Crippen LogP contribution >= 0.6 is 0 Å². The third-order valence-corrected chi connectivity index (χ3v) is 4.13. The zero-order valence-electron chi connectivity index (χ0n) is 10.5. The highest BCUT2D eigenvalue weighted by atomic mass is 16.6. The maximum absolute atomic E-state index is 6.27. The molecule has 92 valence electrons. The van der Waals surface area contributed by atoms with Crippen molar-refractivity contribution in [2.24, 2.45) is 11.7 Å². The van der Waals surface area contributed by atoms with Gasteiger partial charge in [-0.05, 0) is 31.9 Å². The summed E-state index contributed by atoms with van der Waals surface area (Å²) >= 11 is 0. The Balaban J connectivity index is 2.06. The van der Waals surface area contributed by atoms with Crippen LogP contribution in [0, 0.1) is 5.92 Å². The van der Waals surface area contributed by atoms with Gasteiger partial charge in [-0.25, -0.2) is 0 Å². The van der Waals surface area contributed by atoms with Crippen molar-refractivity contribution in [3.8, 4) is 0 Å². The van der Waals surface area contributed by atoms with Gasteiger partial charge in [-0.3, -0.25) is 4.98 Å². The minimum Gasteiger partial charge on any atom is -0.348 e. The second-order valence-electron chi connectivity index (χ2n) is 5.17. The van der Waals surface area contributed by atoms with Gasteiger partial charge in [0.1, 0.15) is 6.10 Å². The lowest BCUT2D eigenvalue weighted by molar-refractivity contribution is 0.304. The minimum atomic E-state index is 0.0199. The predicted molar refractivity (Wildman–Crippen MR) is 66.6 cm³/mol. The number of hydrogen-bond acceptors (Lipinski definition) is 4. The number of nitrogens with zero attached hydrogens (tertiary/aromatic N) is 2. The number of aromatic nitrogens is 1. The molecule has 3 unspecified atom stereocenters. The standard InChI is InChI=1S/C13H19N3O/c1-7-8(2)16(13-9(3)17-13)10-5-4-6-15-12(10)11(7)14/h4-9,11,13H,14H2,1-3H3/t7?,8-,9?,11+,13?/m0/s1. The molecule has 0 spiro atoms. The Morgan fingerprint density at radius 1 is 1.35 bits per heavy atom. The van der Waals surface area contributed by atoms with E-state index in [9.17, 15) is 0 Å². The van der Waals surface area contributed by atoms with Crippen LogP contribution in [0.5, 0.6) is 0 Å². The summed E-state index contributed by atoms with van der Waals surface area (Å²) in [5.74, 6) is 0.383. The quantitative estimate of drug-likeness (QED) is 0.750. The molecule has 1 aromatic rings. The van der Waals surface area contributed by atoms with Crippen LogP contribution in [0.1, 0.15) is 32.5 Å². The molecular weight excluding hydrogens is 214 g/mol. The SMILES string of the molecule is CC1OC1N1c2cccnc2[C@H](N)C(C)[C@@H]1C. The van der Waals surface area contributed by atoms with Crippen LogP contribution in [-0.4, -0.2) is 23.4 Å². The van der Waals surface area contributed by atoms with Crippen molar-refractivity contribution in [2.75, 3.05) is 4.90 Å². The first-order valence-electron chi connectivity index (χ1n) is 6.25. The van der Waals surface area contributed by atoms with Crippen molar-refractivity contribution in [1.82, 2.24) is 4.98 Å². The average molecular weight is 233 g/mol. The molecule has 1 saturated heterocycles. The monoisotopic (exact) mass is 233 g/mol. The molecule has 4 nitrogen and oxygen atoms in total. The van der Waals surface area contributed by atoms with Crippen molar-refractivity contribution in [2.45, 2.75) is 45.2 Å². The van der Waals surface area contributed by atoms with E-state index < -0.39 is 0 Å². The van der Waals surface area contributed by atoms with Crippen LogP contribution in [-0.2, 0) is 4.74 Å². The number of ether oxygens (including phenoxy) is 1. The fraction of sp³-hybridized carbons (Fsp3) is 0.615. The summed E-state index contributed by atoms with van der Waals surface area (Å²) in [6, 6.07) is 4.47. The Morgan fingerprint density at radius 3 is 2.71 bits per heavy atom. The van der Waals surface area contributed by atoms with Gasteiger partial charge in [0.25, 0.3) is 0 Å². The highest BCUT2D eigenvalue weighted by Gasteiger charge is 2.47. The summed E-state index contributed by atoms with van der Waals surface area (Å²) in [7, 11) is 0. The molecule has 3 rings (SSSR count). The van der Waals surface area contributed by atoms with E-state index in [0.717, 1.165) is 11.4 Å². The lowest BCUT2D eigenvalue weighted by Crippen LogP contribution is -2.48. The van der Waals surface area contributed by atoms with Crippen molar-refractivity contribution in [3.05, 3.63) is 24.0 Å². The molecule has 0 aliphatic carbocycles. The van der Waals surface area contributed by atoms with Gasteiger partial charge in [-0.2, -0.15) is 0 Å². The Labute approximate surface area is 102 Å². The van der Waals surface area contributed by atoms with E-state index in [4.69, 9.17) is 10.5 Å². The van der Waals surface area contributed by atoms with Crippen LogP contribution in [0.4, 0.5) is 5.69 Å². The van der Waals surface area contributed by atoms with Crippen molar-refractivity contribution in [1.29, 1.82) is 0 Å². The number of epoxide rings is 1. The topological polar surface area (TPSA) is 54.7 Å². The fourth-order valence-electron chi connectivity index (χ4n) is 2.74. The molecule has 0 radical (unpaired) electrons. The maximum Gasteiger partial charge on any atom is 0.157 e. The normalized spacial score (nSPS) is 40.0. The van der Waals surface area contributed by atoms with E-state index in [-0.39, 0.29) is 12.3 Å². The zero-order chi connectivity index (χ0) is 12.2. The van der Waals surface area contributed by atoms with Gasteiger partial charge in [0, 0.05) is 12.2 Å². The molecule has 0 bridgehead atoms. The van der Waals surface area contributed by atoms with E-state index in [0.29, 0.717) is 18.1 Å². The van der Waals surface area contributed by atoms with Crippen LogP contribution < -0.4 is 10.6 Å². The highest BCUT2D eigenvalue weighted by molar-refractivity contribution is 5.56. The molecular formula is C13H19N3O. The summed E-state index contributed by atoms with van der Waals surface area (Å²) in [6.45, 7) is 6.51. The maximum atomic E-state index is 6.27. The molecule has 4 heteroatoms. The number of nitrogens with two attached hydrogens (primary N) is 1. The van der Waals surface area contributed by atoms with E-state index in [2.05, 4.69) is 36.7 Å². The van der Waals surface area contributed by atoms with Crippen LogP contribution in [0.2, 0.25) is 0 Å². The summed E-state index contributed by atoms with van der Waals surface area (Å²) in [5.41, 5.74) is 8.41. The summed E-state index contributed by atoms with van der Waals surface area (Å²) < 4.78 is 5.62. The number of anilines is 1. The van der Waals surface area contributed by atoms with Gasteiger partial charge < -0.3 is 15.4 Å². The summed E-state index contributed by atoms with van der Waals surface area (Å²) in [6.07, 6.45) is 2.33. The number of fused-ring (bicyclic) bond motifs is 1. The molecule has 17 heavy (non-hydrogen) atoms. The van der Waals surface area contributed by atoms with Crippen LogP contribution in [0.25, 0.3) is 0 Å². The van der Waals surface area contributed by atoms with Gasteiger partial charge in [0.15, 0.2) is 6.23 Å². The third-order valence-electron chi connectivity index (χ3n) is 4.13. The molecule has 0 amide bonds. The molecule has 0 aromatic carbocycles. The van der Waals surface area contributed by atoms with Gasteiger partial charge in [-0.15, -0.1) is 0 Å². The van der Waals surface area contributed by atoms with Gasteiger partial charge in [0.05, 0.1) is 17.4 Å². The van der Waals surface area contributed by atoms with E-state index in [1.165, 1.54) is 0 Å². The minimum absolute atomic E-state index is 0.0199. The summed E-state index contributed by atoms with van der Waals surface area (Å²) in [4.78, 5) is 6.78. The number of hydrogen-bond donors (Lipinski definition) is 1. The predicted octanol–water partition coefficient (Wildman–Crippen LogP) is 1.67.